The van der Waals surface area contributed by atoms with Gasteiger partial charge in [0.2, 0.25) is 5.78 Å². The Kier molecular flexibility index (Phi) is 3.39. The summed E-state index contributed by atoms with van der Waals surface area (Å²) in [6.07, 6.45) is 4.19. The molecule has 0 unspecified atom stereocenters. The normalized spacial score (nSPS) is 10.3. The first-order valence-electron chi connectivity index (χ1n) is 6.26. The Balaban J connectivity index is 1.99. The molecule has 0 saturated carbocycles. The molecule has 0 atom stereocenters. The van der Waals surface area contributed by atoms with Gasteiger partial charge >= 0.3 is 0 Å². The monoisotopic (exact) mass is 278 g/mol. The van der Waals surface area contributed by atoms with E-state index in [1.165, 1.54) is 12.5 Å². The molecular weight excluding hydrogens is 268 g/mol. The molecule has 1 aromatic carbocycles. The molecule has 5 nitrogen and oxygen atoms in total. The van der Waals surface area contributed by atoms with Gasteiger partial charge in [0.15, 0.2) is 11.5 Å². The van der Waals surface area contributed by atoms with Crippen LogP contribution in [-0.4, -0.2) is 21.7 Å². The van der Waals surface area contributed by atoms with Gasteiger partial charge in [0, 0.05) is 23.5 Å². The predicted octanol–water partition coefficient (Wildman–Crippen LogP) is 2.53. The number of carbonyl (C=O) groups is 2. The van der Waals surface area contributed by atoms with Gasteiger partial charge in [-0.25, -0.2) is 0 Å². The molecule has 0 fully saturated rings. The SMILES string of the molecule is O=C(c1cccnc1)c1conc1C(=O)c1ccccc1. The Morgan fingerprint density at radius 3 is 2.38 bits per heavy atom. The molecule has 3 rings (SSSR count). The Morgan fingerprint density at radius 2 is 1.67 bits per heavy atom. The van der Waals surface area contributed by atoms with Crippen LogP contribution in [-0.2, 0) is 0 Å². The largest absolute Gasteiger partial charge is 0.363 e. The predicted molar refractivity (Wildman–Crippen MR) is 74.0 cm³/mol. The third-order valence-corrected chi connectivity index (χ3v) is 2.99. The van der Waals surface area contributed by atoms with Crippen LogP contribution >= 0.6 is 0 Å². The third-order valence-electron chi connectivity index (χ3n) is 2.99. The van der Waals surface area contributed by atoms with Gasteiger partial charge in [0.25, 0.3) is 0 Å². The number of hydrogen-bond acceptors (Lipinski definition) is 5. The molecule has 0 aliphatic heterocycles. The molecule has 102 valence electrons. The number of ketones is 2. The lowest BCUT2D eigenvalue weighted by Crippen LogP contribution is -2.10. The molecule has 5 heteroatoms. The smallest absolute Gasteiger partial charge is 0.215 e. The highest BCUT2D eigenvalue weighted by atomic mass is 16.5. The molecule has 2 heterocycles. The zero-order valence-corrected chi connectivity index (χ0v) is 10.9. The number of nitrogens with zero attached hydrogens (tertiary/aromatic N) is 2. The van der Waals surface area contributed by atoms with Gasteiger partial charge in [0.1, 0.15) is 6.26 Å². The fourth-order valence-electron chi connectivity index (χ4n) is 1.94. The summed E-state index contributed by atoms with van der Waals surface area (Å²) >= 11 is 0. The lowest BCUT2D eigenvalue weighted by atomic mass is 10.0. The maximum absolute atomic E-state index is 12.4. The van der Waals surface area contributed by atoms with Gasteiger partial charge in [-0.05, 0) is 12.1 Å². The summed E-state index contributed by atoms with van der Waals surface area (Å²) in [5, 5.41) is 3.67. The van der Waals surface area contributed by atoms with Crippen LogP contribution in [0.2, 0.25) is 0 Å². The second-order valence-corrected chi connectivity index (χ2v) is 4.34. The van der Waals surface area contributed by atoms with Gasteiger partial charge in [-0.1, -0.05) is 35.5 Å². The van der Waals surface area contributed by atoms with Gasteiger partial charge in [-0.3, -0.25) is 14.6 Å². The van der Waals surface area contributed by atoms with Crippen LogP contribution in [0.5, 0.6) is 0 Å². The fourth-order valence-corrected chi connectivity index (χ4v) is 1.94. The second kappa shape index (κ2) is 5.50. The van der Waals surface area contributed by atoms with Gasteiger partial charge in [0.05, 0.1) is 5.56 Å². The summed E-state index contributed by atoms with van der Waals surface area (Å²) in [7, 11) is 0. The van der Waals surface area contributed by atoms with Crippen molar-refractivity contribution < 1.29 is 14.1 Å². The minimum Gasteiger partial charge on any atom is -0.363 e. The first kappa shape index (κ1) is 12.9. The number of hydrogen-bond donors (Lipinski definition) is 0. The van der Waals surface area contributed by atoms with Crippen LogP contribution in [0.4, 0.5) is 0 Å². The van der Waals surface area contributed by atoms with Crippen molar-refractivity contribution in [3.05, 3.63) is 83.5 Å². The van der Waals surface area contributed by atoms with Gasteiger partial charge in [-0.15, -0.1) is 0 Å². The van der Waals surface area contributed by atoms with E-state index in [0.717, 1.165) is 0 Å². The van der Waals surface area contributed by atoms with E-state index in [0.29, 0.717) is 11.1 Å². The van der Waals surface area contributed by atoms with Crippen LogP contribution in [0.15, 0.2) is 65.6 Å². The Morgan fingerprint density at radius 1 is 0.905 bits per heavy atom. The lowest BCUT2D eigenvalue weighted by molar-refractivity contribution is 0.1000. The number of carbonyl (C=O) groups excluding carboxylic acids is 2. The molecule has 0 amide bonds. The van der Waals surface area contributed by atoms with Crippen LogP contribution in [0.1, 0.15) is 32.0 Å². The number of benzene rings is 1. The molecule has 0 aliphatic carbocycles. The van der Waals surface area contributed by atoms with E-state index in [4.69, 9.17) is 4.52 Å². The number of rotatable bonds is 4. The molecule has 0 radical (unpaired) electrons. The molecule has 2 aromatic heterocycles. The van der Waals surface area contributed by atoms with Crippen LogP contribution in [0.25, 0.3) is 0 Å². The zero-order chi connectivity index (χ0) is 14.7. The maximum Gasteiger partial charge on any atom is 0.215 e. The third kappa shape index (κ3) is 2.49. The van der Waals surface area contributed by atoms with Crippen LogP contribution in [0.3, 0.4) is 0 Å². The topological polar surface area (TPSA) is 73.1 Å². The fraction of sp³-hybridized carbons (Fsp3) is 0. The average Bonchev–Trinajstić information content (AvgIpc) is 3.04. The maximum atomic E-state index is 12.4. The molecule has 3 aromatic rings. The van der Waals surface area contributed by atoms with Crippen molar-refractivity contribution >= 4 is 11.6 Å². The molecule has 0 bridgehead atoms. The van der Waals surface area contributed by atoms with Crippen LogP contribution < -0.4 is 0 Å². The van der Waals surface area contributed by atoms with Crippen LogP contribution in [0, 0.1) is 0 Å². The minimum absolute atomic E-state index is 0.00931. The van der Waals surface area contributed by atoms with E-state index in [9.17, 15) is 9.59 Å². The number of pyridine rings is 1. The first-order chi connectivity index (χ1) is 10.3. The van der Waals surface area contributed by atoms with Crippen molar-refractivity contribution in [2.45, 2.75) is 0 Å². The molecule has 0 N–H and O–H groups in total. The van der Waals surface area contributed by atoms with Gasteiger partial charge < -0.3 is 4.52 Å². The summed E-state index contributed by atoms with van der Waals surface area (Å²) in [6, 6.07) is 11.9. The Hall–Kier alpha value is -3.08. The summed E-state index contributed by atoms with van der Waals surface area (Å²) in [6.45, 7) is 0. The lowest BCUT2D eigenvalue weighted by Gasteiger charge is -2.00. The standard InChI is InChI=1S/C16H10N2O3/c19-15(12-7-4-8-17-9-12)13-10-21-18-14(13)16(20)11-5-2-1-3-6-11/h1-10H. The first-order valence-corrected chi connectivity index (χ1v) is 6.26. The van der Waals surface area contributed by atoms with Crippen molar-refractivity contribution in [2.75, 3.05) is 0 Å². The van der Waals surface area contributed by atoms with E-state index in [2.05, 4.69) is 10.1 Å². The summed E-state index contributed by atoms with van der Waals surface area (Å²) in [5.74, 6) is -0.694. The van der Waals surface area contributed by atoms with Crippen molar-refractivity contribution in [2.24, 2.45) is 0 Å². The van der Waals surface area contributed by atoms with Crippen molar-refractivity contribution in [3.63, 3.8) is 0 Å². The zero-order valence-electron chi connectivity index (χ0n) is 10.9. The Bertz CT molecular complexity index is 714. The molecule has 21 heavy (non-hydrogen) atoms. The quantitative estimate of drug-likeness (QED) is 0.686. The molecule has 0 spiro atoms. The van der Waals surface area contributed by atoms with Crippen molar-refractivity contribution in [3.8, 4) is 0 Å². The molecule has 0 saturated heterocycles. The van der Waals surface area contributed by atoms with E-state index in [-0.39, 0.29) is 22.8 Å². The Labute approximate surface area is 120 Å². The highest BCUT2D eigenvalue weighted by molar-refractivity contribution is 6.18. The summed E-state index contributed by atoms with van der Waals surface area (Å²) in [5.41, 5.74) is 0.973. The summed E-state index contributed by atoms with van der Waals surface area (Å²) < 4.78 is 4.82. The van der Waals surface area contributed by atoms with E-state index < -0.39 is 0 Å². The minimum atomic E-state index is -0.350. The van der Waals surface area contributed by atoms with E-state index in [1.54, 1.807) is 48.7 Å². The average molecular weight is 278 g/mol. The highest BCUT2D eigenvalue weighted by Crippen LogP contribution is 2.16. The van der Waals surface area contributed by atoms with Crippen molar-refractivity contribution in [1.29, 1.82) is 0 Å². The number of aromatic nitrogens is 2. The second-order valence-electron chi connectivity index (χ2n) is 4.34. The molecular formula is C16H10N2O3. The highest BCUT2D eigenvalue weighted by Gasteiger charge is 2.23. The molecule has 0 aliphatic rings. The van der Waals surface area contributed by atoms with E-state index in [1.807, 2.05) is 0 Å². The summed E-state index contributed by atoms with van der Waals surface area (Å²) in [4.78, 5) is 28.6. The van der Waals surface area contributed by atoms with Crippen molar-refractivity contribution in [1.82, 2.24) is 10.1 Å². The van der Waals surface area contributed by atoms with Gasteiger partial charge in [-0.2, -0.15) is 0 Å². The van der Waals surface area contributed by atoms with E-state index >= 15 is 0 Å².